The first-order chi connectivity index (χ1) is 31.8. The number of benzene rings is 8. The van der Waals surface area contributed by atoms with Crippen LogP contribution in [0.2, 0.25) is 0 Å². The van der Waals surface area contributed by atoms with Gasteiger partial charge in [-0.3, -0.25) is 0 Å². The number of rotatable bonds is 6. The summed E-state index contributed by atoms with van der Waals surface area (Å²) in [5.41, 5.74) is 11.3. The van der Waals surface area contributed by atoms with Gasteiger partial charge in [-0.15, -0.1) is 0 Å². The molecule has 4 aromatic heterocycles. The predicted octanol–water partition coefficient (Wildman–Crippen LogP) is 14.7. The molecule has 4 heterocycles. The van der Waals surface area contributed by atoms with Crippen LogP contribution in [0.15, 0.2) is 223 Å². The van der Waals surface area contributed by atoms with E-state index in [4.69, 9.17) is 19.4 Å². The fourth-order valence-corrected chi connectivity index (χ4v) is 8.34. The number of para-hydroxylation sites is 3. The predicted molar refractivity (Wildman–Crippen MR) is 262 cm³/mol. The van der Waals surface area contributed by atoms with Crippen molar-refractivity contribution in [1.82, 2.24) is 29.5 Å². The summed E-state index contributed by atoms with van der Waals surface area (Å²) >= 11 is 0. The lowest BCUT2D eigenvalue weighted by Gasteiger charge is -2.12. The van der Waals surface area contributed by atoms with E-state index in [9.17, 15) is 0 Å². The minimum Gasteiger partial charge on any atom is -0.456 e. The highest BCUT2D eigenvalue weighted by Gasteiger charge is 2.19. The summed E-state index contributed by atoms with van der Waals surface area (Å²) in [6.45, 7) is 4.00. The summed E-state index contributed by atoms with van der Waals surface area (Å²) in [4.78, 5) is 23.7. The van der Waals surface area contributed by atoms with Crippen LogP contribution in [-0.4, -0.2) is 29.5 Å². The third kappa shape index (κ3) is 7.45. The fraction of sp³-hybridized carbons (Fsp3) is 0.0351. The average Bonchev–Trinajstić information content (AvgIpc) is 3.94. The molecule has 64 heavy (non-hydrogen) atoms. The van der Waals surface area contributed by atoms with Crippen LogP contribution in [0, 0.1) is 0 Å². The van der Waals surface area contributed by atoms with Gasteiger partial charge in [0.25, 0.3) is 0 Å². The molecule has 0 amide bonds. The molecule has 306 valence electrons. The molecule has 8 aromatic carbocycles. The van der Waals surface area contributed by atoms with Crippen molar-refractivity contribution in [2.75, 3.05) is 0 Å². The Morgan fingerprint density at radius 1 is 0.344 bits per heavy atom. The van der Waals surface area contributed by atoms with E-state index in [1.807, 2.05) is 123 Å². The Balaban J connectivity index is 0.000000156. The van der Waals surface area contributed by atoms with Crippen LogP contribution >= 0.6 is 0 Å². The third-order valence-electron chi connectivity index (χ3n) is 11.1. The Morgan fingerprint density at radius 2 is 0.844 bits per heavy atom. The van der Waals surface area contributed by atoms with Gasteiger partial charge in [-0.1, -0.05) is 178 Å². The second-order valence-corrected chi connectivity index (χ2v) is 14.8. The quantitative estimate of drug-likeness (QED) is 0.166. The van der Waals surface area contributed by atoms with Crippen molar-refractivity contribution in [1.29, 1.82) is 0 Å². The van der Waals surface area contributed by atoms with Gasteiger partial charge < -0.3 is 8.98 Å². The number of hydrogen-bond donors (Lipinski definition) is 0. The van der Waals surface area contributed by atoms with Gasteiger partial charge in [0, 0.05) is 61.9 Å². The zero-order chi connectivity index (χ0) is 43.2. The largest absolute Gasteiger partial charge is 0.456 e. The molecule has 0 atom stereocenters. The molecule has 0 aliphatic carbocycles. The van der Waals surface area contributed by atoms with E-state index in [2.05, 4.69) is 112 Å². The first kappa shape index (κ1) is 39.6. The van der Waals surface area contributed by atoms with Gasteiger partial charge in [-0.2, -0.15) is 0 Å². The molecule has 7 nitrogen and oxygen atoms in total. The molecule has 0 saturated heterocycles. The molecule has 7 heteroatoms. The van der Waals surface area contributed by atoms with Gasteiger partial charge in [-0.25, -0.2) is 24.9 Å². The molecule has 0 radical (unpaired) electrons. The highest BCUT2D eigenvalue weighted by molar-refractivity contribution is 6.15. The van der Waals surface area contributed by atoms with Gasteiger partial charge >= 0.3 is 0 Å². The monoisotopic (exact) mass is 826 g/mol. The van der Waals surface area contributed by atoms with Gasteiger partial charge in [0.1, 0.15) is 11.2 Å². The van der Waals surface area contributed by atoms with E-state index < -0.39 is 0 Å². The summed E-state index contributed by atoms with van der Waals surface area (Å²) < 4.78 is 8.48. The van der Waals surface area contributed by atoms with E-state index in [1.165, 1.54) is 16.3 Å². The van der Waals surface area contributed by atoms with Crippen molar-refractivity contribution in [3.63, 3.8) is 0 Å². The first-order valence-corrected chi connectivity index (χ1v) is 21.5. The van der Waals surface area contributed by atoms with Crippen LogP contribution in [0.25, 0.3) is 106 Å². The zero-order valence-corrected chi connectivity index (χ0v) is 35.4. The number of furan rings is 1. The minimum absolute atomic E-state index is 0.633. The molecular weight excluding hydrogens is 785 g/mol. The number of fused-ring (bicyclic) bond motifs is 6. The molecule has 0 spiro atoms. The summed E-state index contributed by atoms with van der Waals surface area (Å²) in [5, 5.41) is 4.58. The Labute approximate surface area is 371 Å². The third-order valence-corrected chi connectivity index (χ3v) is 11.1. The highest BCUT2D eigenvalue weighted by Crippen LogP contribution is 2.41. The molecular formula is C57H42N6O. The fourth-order valence-electron chi connectivity index (χ4n) is 8.34. The number of hydrogen-bond acceptors (Lipinski definition) is 6. The molecule has 0 aliphatic rings. The number of nitrogens with zero attached hydrogens (tertiary/aromatic N) is 6. The second kappa shape index (κ2) is 17.8. The maximum absolute atomic E-state index is 6.17. The molecule has 0 fully saturated rings. The van der Waals surface area contributed by atoms with Crippen LogP contribution in [0.1, 0.15) is 13.8 Å². The van der Waals surface area contributed by atoms with Crippen molar-refractivity contribution < 1.29 is 4.42 Å². The van der Waals surface area contributed by atoms with E-state index >= 15 is 0 Å². The van der Waals surface area contributed by atoms with Crippen molar-refractivity contribution in [3.05, 3.63) is 219 Å². The van der Waals surface area contributed by atoms with E-state index in [0.29, 0.717) is 17.5 Å². The molecule has 0 bridgehead atoms. The topological polar surface area (TPSA) is 82.5 Å². The molecule has 0 aliphatic heterocycles. The standard InChI is InChI=1S/C33H21N3O.C22H15N3.C2H6/c1-3-12-22(13-4-1)31-34-32(23-14-5-2-6-15-23)36-33(35-31)26-17-8-7-16-24(26)25-19-11-21-29-30(25)27-18-9-10-20-28(27)37-29;1-2-8-16(9-3-1)25-19-12-5-4-10-17(19)21-18(11-6-13-20(21)25)22-23-14-7-15-24-22;1-2/h1-21H;1-15H;1-2H3. The van der Waals surface area contributed by atoms with E-state index in [0.717, 1.165) is 72.3 Å². The van der Waals surface area contributed by atoms with Crippen LogP contribution in [0.3, 0.4) is 0 Å². The Hall–Kier alpha value is -8.55. The molecule has 0 N–H and O–H groups in total. The smallest absolute Gasteiger partial charge is 0.164 e. The Morgan fingerprint density at radius 3 is 1.55 bits per heavy atom. The minimum atomic E-state index is 0.633. The molecule has 12 rings (SSSR count). The van der Waals surface area contributed by atoms with Crippen LogP contribution in [0.4, 0.5) is 0 Å². The van der Waals surface area contributed by atoms with Gasteiger partial charge in [0.05, 0.1) is 11.0 Å². The lowest BCUT2D eigenvalue weighted by Crippen LogP contribution is -2.01. The van der Waals surface area contributed by atoms with Gasteiger partial charge in [0.2, 0.25) is 0 Å². The van der Waals surface area contributed by atoms with Crippen LogP contribution in [-0.2, 0) is 0 Å². The van der Waals surface area contributed by atoms with E-state index in [-0.39, 0.29) is 0 Å². The van der Waals surface area contributed by atoms with Crippen molar-refractivity contribution >= 4 is 43.7 Å². The van der Waals surface area contributed by atoms with Crippen LogP contribution in [0.5, 0.6) is 0 Å². The second-order valence-electron chi connectivity index (χ2n) is 14.8. The van der Waals surface area contributed by atoms with Crippen LogP contribution < -0.4 is 0 Å². The molecule has 12 aromatic rings. The summed E-state index contributed by atoms with van der Waals surface area (Å²) in [5.74, 6) is 2.68. The first-order valence-electron chi connectivity index (χ1n) is 21.5. The summed E-state index contributed by atoms with van der Waals surface area (Å²) in [6, 6.07) is 69.9. The maximum atomic E-state index is 6.17. The van der Waals surface area contributed by atoms with Gasteiger partial charge in [-0.05, 0) is 53.6 Å². The lowest BCUT2D eigenvalue weighted by atomic mass is 9.95. The van der Waals surface area contributed by atoms with Crippen molar-refractivity contribution in [2.24, 2.45) is 0 Å². The lowest BCUT2D eigenvalue weighted by molar-refractivity contribution is 0.669. The van der Waals surface area contributed by atoms with Crippen molar-refractivity contribution in [3.8, 4) is 62.4 Å². The van der Waals surface area contributed by atoms with E-state index in [1.54, 1.807) is 12.4 Å². The van der Waals surface area contributed by atoms with Crippen molar-refractivity contribution in [2.45, 2.75) is 13.8 Å². The van der Waals surface area contributed by atoms with Gasteiger partial charge in [0.15, 0.2) is 23.3 Å². The Bertz CT molecular complexity index is 3460. The summed E-state index contributed by atoms with van der Waals surface area (Å²) in [7, 11) is 0. The normalized spacial score (nSPS) is 11.0. The molecule has 0 unspecified atom stereocenters. The average molecular weight is 827 g/mol. The number of aromatic nitrogens is 6. The Kier molecular flexibility index (Phi) is 11.0. The SMILES string of the molecule is CC.c1ccc(-c2nc(-c3ccccc3)nc(-c3ccccc3-c3cccc4oc5ccccc5c34)n2)cc1.c1ccc(-n2c3ccccc3c3c(-c4ncccn4)cccc32)cc1. The zero-order valence-electron chi connectivity index (χ0n) is 35.4. The highest BCUT2D eigenvalue weighted by atomic mass is 16.3. The molecule has 0 saturated carbocycles. The maximum Gasteiger partial charge on any atom is 0.164 e. The summed E-state index contributed by atoms with van der Waals surface area (Å²) in [6.07, 6.45) is 3.58.